The van der Waals surface area contributed by atoms with E-state index in [4.69, 9.17) is 9.47 Å². The number of carbonyl (C=O) groups excluding carboxylic acids is 2. The summed E-state index contributed by atoms with van der Waals surface area (Å²) < 4.78 is 10.8. The average molecular weight is 334 g/mol. The smallest absolute Gasteiger partial charge is 0.410 e. The van der Waals surface area contributed by atoms with Crippen molar-refractivity contribution in [3.8, 4) is 0 Å². The van der Waals surface area contributed by atoms with Gasteiger partial charge in [-0.25, -0.2) is 4.79 Å². The van der Waals surface area contributed by atoms with Crippen molar-refractivity contribution in [3.05, 3.63) is 35.9 Å². The van der Waals surface area contributed by atoms with Crippen molar-refractivity contribution in [2.24, 2.45) is 0 Å². The first-order valence-corrected chi connectivity index (χ1v) is 8.16. The molecule has 1 aromatic carbocycles. The van der Waals surface area contributed by atoms with Crippen molar-refractivity contribution in [2.75, 3.05) is 33.3 Å². The zero-order valence-corrected chi connectivity index (χ0v) is 14.8. The molecule has 1 aliphatic heterocycles. The molecule has 1 heterocycles. The van der Waals surface area contributed by atoms with Gasteiger partial charge in [0, 0.05) is 33.3 Å². The number of methoxy groups -OCH3 is 1. The van der Waals surface area contributed by atoms with E-state index in [1.807, 2.05) is 51.1 Å². The Morgan fingerprint density at radius 2 is 1.54 bits per heavy atom. The van der Waals surface area contributed by atoms with E-state index in [1.54, 1.807) is 9.80 Å². The quantitative estimate of drug-likeness (QED) is 0.852. The Labute approximate surface area is 143 Å². The van der Waals surface area contributed by atoms with Crippen LogP contribution < -0.4 is 0 Å². The summed E-state index contributed by atoms with van der Waals surface area (Å²) in [4.78, 5) is 28.2. The maximum absolute atomic E-state index is 12.7. The van der Waals surface area contributed by atoms with Crippen molar-refractivity contribution in [3.63, 3.8) is 0 Å². The third kappa shape index (κ3) is 4.71. The summed E-state index contributed by atoms with van der Waals surface area (Å²) in [5.74, 6) is -0.0764. The molecule has 132 valence electrons. The van der Waals surface area contributed by atoms with Gasteiger partial charge in [0.2, 0.25) is 0 Å². The van der Waals surface area contributed by atoms with Crippen LogP contribution in [0.5, 0.6) is 0 Å². The van der Waals surface area contributed by atoms with Crippen LogP contribution in [-0.2, 0) is 14.3 Å². The van der Waals surface area contributed by atoms with E-state index in [-0.39, 0.29) is 12.0 Å². The largest absolute Gasteiger partial charge is 0.444 e. The van der Waals surface area contributed by atoms with E-state index in [2.05, 4.69) is 0 Å². The molecule has 1 aromatic rings. The van der Waals surface area contributed by atoms with Crippen LogP contribution in [0.1, 0.15) is 32.4 Å². The molecule has 0 radical (unpaired) electrons. The molecule has 0 spiro atoms. The monoisotopic (exact) mass is 334 g/mol. The normalized spacial score (nSPS) is 16.7. The summed E-state index contributed by atoms with van der Waals surface area (Å²) in [5.41, 5.74) is 0.318. The van der Waals surface area contributed by atoms with Gasteiger partial charge in [-0.05, 0) is 26.3 Å². The number of rotatable bonds is 3. The Morgan fingerprint density at radius 3 is 2.04 bits per heavy atom. The van der Waals surface area contributed by atoms with Crippen molar-refractivity contribution in [2.45, 2.75) is 32.5 Å². The van der Waals surface area contributed by atoms with Gasteiger partial charge in [0.1, 0.15) is 5.60 Å². The second-order valence-corrected chi connectivity index (χ2v) is 6.82. The number of hydrogen-bond donors (Lipinski definition) is 0. The summed E-state index contributed by atoms with van der Waals surface area (Å²) in [6.45, 7) is 7.41. The van der Waals surface area contributed by atoms with E-state index in [1.165, 1.54) is 7.11 Å². The molecule has 24 heavy (non-hydrogen) atoms. The second kappa shape index (κ2) is 7.66. The van der Waals surface area contributed by atoms with E-state index in [0.717, 1.165) is 5.56 Å². The Kier molecular flexibility index (Phi) is 5.83. The highest BCUT2D eigenvalue weighted by molar-refractivity contribution is 5.82. The number of nitrogens with zero attached hydrogens (tertiary/aromatic N) is 2. The van der Waals surface area contributed by atoms with Crippen LogP contribution in [0.15, 0.2) is 30.3 Å². The molecule has 1 fully saturated rings. The van der Waals surface area contributed by atoms with Crippen LogP contribution in [0.4, 0.5) is 4.79 Å². The zero-order chi connectivity index (χ0) is 17.7. The minimum atomic E-state index is -0.612. The van der Waals surface area contributed by atoms with E-state index in [9.17, 15) is 9.59 Å². The first kappa shape index (κ1) is 18.3. The maximum atomic E-state index is 12.7. The lowest BCUT2D eigenvalue weighted by Crippen LogP contribution is -2.52. The van der Waals surface area contributed by atoms with Gasteiger partial charge >= 0.3 is 6.09 Å². The predicted octanol–water partition coefficient (Wildman–Crippen LogP) is 2.45. The second-order valence-electron chi connectivity index (χ2n) is 6.82. The molecule has 0 bridgehead atoms. The zero-order valence-electron chi connectivity index (χ0n) is 14.8. The lowest BCUT2D eigenvalue weighted by Gasteiger charge is -2.36. The molecule has 2 amide bonds. The third-order valence-corrected chi connectivity index (χ3v) is 3.81. The topological polar surface area (TPSA) is 59.1 Å². The fraction of sp³-hybridized carbons (Fsp3) is 0.556. The van der Waals surface area contributed by atoms with Gasteiger partial charge in [-0.2, -0.15) is 0 Å². The number of benzene rings is 1. The minimum absolute atomic E-state index is 0.0764. The first-order chi connectivity index (χ1) is 11.3. The van der Waals surface area contributed by atoms with Gasteiger partial charge < -0.3 is 19.3 Å². The van der Waals surface area contributed by atoms with Crippen LogP contribution in [-0.4, -0.2) is 60.7 Å². The summed E-state index contributed by atoms with van der Waals surface area (Å²) in [7, 11) is 1.53. The van der Waals surface area contributed by atoms with Gasteiger partial charge in [-0.15, -0.1) is 0 Å². The van der Waals surface area contributed by atoms with Crippen LogP contribution in [0, 0.1) is 0 Å². The first-order valence-electron chi connectivity index (χ1n) is 8.16. The lowest BCUT2D eigenvalue weighted by molar-refractivity contribution is -0.144. The number of hydrogen-bond acceptors (Lipinski definition) is 4. The molecule has 0 saturated carbocycles. The molecule has 1 atom stereocenters. The molecular formula is C18H26N2O4. The molecule has 1 aliphatic rings. The van der Waals surface area contributed by atoms with Crippen LogP contribution >= 0.6 is 0 Å². The predicted molar refractivity (Wildman–Crippen MR) is 90.6 cm³/mol. The van der Waals surface area contributed by atoms with Crippen LogP contribution in [0.2, 0.25) is 0 Å². The number of ether oxygens (including phenoxy) is 2. The van der Waals surface area contributed by atoms with Gasteiger partial charge in [-0.1, -0.05) is 30.3 Å². The molecule has 6 heteroatoms. The van der Waals surface area contributed by atoms with Gasteiger partial charge in [0.15, 0.2) is 6.10 Å². The Balaban J connectivity index is 1.94. The Bertz CT molecular complexity index is 560. The standard InChI is InChI=1S/C18H26N2O4/c1-18(2,3)24-17(22)20-12-10-19(11-13-20)16(21)15(23-4)14-8-6-5-7-9-14/h5-9,15H,10-13H2,1-4H3/t15-/m1/s1. The van der Waals surface area contributed by atoms with E-state index < -0.39 is 11.7 Å². The molecule has 1 saturated heterocycles. The van der Waals surface area contributed by atoms with Crippen LogP contribution in [0.25, 0.3) is 0 Å². The van der Waals surface area contributed by atoms with Crippen LogP contribution in [0.3, 0.4) is 0 Å². The molecule has 2 rings (SSSR count). The van der Waals surface area contributed by atoms with Crippen molar-refractivity contribution in [1.82, 2.24) is 9.80 Å². The number of piperazine rings is 1. The number of amides is 2. The summed E-state index contributed by atoms with van der Waals surface area (Å²) in [6, 6.07) is 9.43. The average Bonchev–Trinajstić information content (AvgIpc) is 2.55. The van der Waals surface area contributed by atoms with E-state index >= 15 is 0 Å². The van der Waals surface area contributed by atoms with Crippen molar-refractivity contribution >= 4 is 12.0 Å². The van der Waals surface area contributed by atoms with E-state index in [0.29, 0.717) is 26.2 Å². The van der Waals surface area contributed by atoms with Gasteiger partial charge in [-0.3, -0.25) is 4.79 Å². The maximum Gasteiger partial charge on any atom is 0.410 e. The summed E-state index contributed by atoms with van der Waals surface area (Å²) in [5, 5.41) is 0. The molecule has 6 nitrogen and oxygen atoms in total. The number of carbonyl (C=O) groups is 2. The van der Waals surface area contributed by atoms with Gasteiger partial charge in [0.25, 0.3) is 5.91 Å². The van der Waals surface area contributed by atoms with Gasteiger partial charge in [0.05, 0.1) is 0 Å². The fourth-order valence-corrected chi connectivity index (χ4v) is 2.61. The highest BCUT2D eigenvalue weighted by Gasteiger charge is 2.31. The highest BCUT2D eigenvalue weighted by atomic mass is 16.6. The Hall–Kier alpha value is -2.08. The fourth-order valence-electron chi connectivity index (χ4n) is 2.61. The summed E-state index contributed by atoms with van der Waals surface area (Å²) in [6.07, 6.45) is -0.944. The molecule has 0 aromatic heterocycles. The summed E-state index contributed by atoms with van der Waals surface area (Å²) >= 11 is 0. The molecule has 0 N–H and O–H groups in total. The SMILES string of the molecule is CO[C@@H](C(=O)N1CCN(C(=O)OC(C)(C)C)CC1)c1ccccc1. The Morgan fingerprint density at radius 1 is 1.00 bits per heavy atom. The minimum Gasteiger partial charge on any atom is -0.444 e. The van der Waals surface area contributed by atoms with Crippen molar-refractivity contribution in [1.29, 1.82) is 0 Å². The molecule has 0 unspecified atom stereocenters. The highest BCUT2D eigenvalue weighted by Crippen LogP contribution is 2.20. The molecule has 0 aliphatic carbocycles. The third-order valence-electron chi connectivity index (χ3n) is 3.81. The molecular weight excluding hydrogens is 308 g/mol. The lowest BCUT2D eigenvalue weighted by atomic mass is 10.1. The van der Waals surface area contributed by atoms with Crippen molar-refractivity contribution < 1.29 is 19.1 Å².